The van der Waals surface area contributed by atoms with Gasteiger partial charge < -0.3 is 14.6 Å². The molecule has 0 spiro atoms. The van der Waals surface area contributed by atoms with Gasteiger partial charge in [0.05, 0.1) is 6.54 Å². The van der Waals surface area contributed by atoms with Gasteiger partial charge in [0.25, 0.3) is 5.91 Å². The van der Waals surface area contributed by atoms with Gasteiger partial charge in [0.1, 0.15) is 18.1 Å². The Hall–Kier alpha value is -3.87. The lowest BCUT2D eigenvalue weighted by Crippen LogP contribution is -2.47. The van der Waals surface area contributed by atoms with Crippen LogP contribution in [-0.4, -0.2) is 41.2 Å². The number of furan rings is 1. The Morgan fingerprint density at radius 1 is 1.00 bits per heavy atom. The summed E-state index contributed by atoms with van der Waals surface area (Å²) in [6.07, 6.45) is 0.286. The minimum atomic E-state index is -1.27. The highest BCUT2D eigenvalue weighted by molar-refractivity contribution is 6.09. The Morgan fingerprint density at radius 3 is 2.28 bits per heavy atom. The number of rotatable bonds is 7. The molecule has 3 aromatic rings. The number of nitrogens with zero attached hydrogens (tertiary/aromatic N) is 2. The van der Waals surface area contributed by atoms with Gasteiger partial charge in [0.15, 0.2) is 5.54 Å². The van der Waals surface area contributed by atoms with Crippen LogP contribution in [0.4, 0.5) is 4.79 Å². The molecule has 1 saturated heterocycles. The zero-order valence-electron chi connectivity index (χ0n) is 18.1. The van der Waals surface area contributed by atoms with E-state index in [9.17, 15) is 14.4 Å². The molecule has 1 aliphatic rings. The summed E-state index contributed by atoms with van der Waals surface area (Å²) in [6.45, 7) is 1.74. The van der Waals surface area contributed by atoms with Gasteiger partial charge in [-0.3, -0.25) is 14.5 Å². The van der Waals surface area contributed by atoms with Gasteiger partial charge in [0.2, 0.25) is 5.91 Å². The van der Waals surface area contributed by atoms with Crippen LogP contribution in [0.5, 0.6) is 0 Å². The van der Waals surface area contributed by atoms with E-state index in [1.165, 1.54) is 4.90 Å². The third-order valence-corrected chi connectivity index (χ3v) is 5.66. The first-order chi connectivity index (χ1) is 15.4. The first-order valence-electron chi connectivity index (χ1n) is 10.4. The topological polar surface area (TPSA) is 82.9 Å². The zero-order chi connectivity index (χ0) is 22.7. The Morgan fingerprint density at radius 2 is 1.66 bits per heavy atom. The molecular formula is C25H25N3O4. The van der Waals surface area contributed by atoms with Crippen LogP contribution in [0.3, 0.4) is 0 Å². The normalized spacial score (nSPS) is 18.0. The number of nitrogens with one attached hydrogen (secondary N) is 1. The number of carbonyl (C=O) groups is 3. The van der Waals surface area contributed by atoms with Gasteiger partial charge in [-0.2, -0.15) is 0 Å². The Kier molecular flexibility index (Phi) is 5.81. The number of hydrogen-bond donors (Lipinski definition) is 1. The number of urea groups is 1. The zero-order valence-corrected chi connectivity index (χ0v) is 18.1. The monoisotopic (exact) mass is 431 g/mol. The molecule has 7 heteroatoms. The molecule has 1 atom stereocenters. The van der Waals surface area contributed by atoms with E-state index >= 15 is 0 Å². The lowest BCUT2D eigenvalue weighted by atomic mass is 9.83. The van der Waals surface area contributed by atoms with Crippen LogP contribution in [0.1, 0.15) is 22.6 Å². The van der Waals surface area contributed by atoms with Crippen molar-refractivity contribution >= 4 is 17.8 Å². The molecule has 1 N–H and O–H groups in total. The molecule has 2 aromatic carbocycles. The fourth-order valence-electron chi connectivity index (χ4n) is 3.96. The minimum absolute atomic E-state index is 0.254. The smallest absolute Gasteiger partial charge is 0.325 e. The molecule has 1 aromatic heterocycles. The second kappa shape index (κ2) is 8.70. The number of likely N-dealkylation sites (N-methyl/N-ethyl adjacent to an activating group) is 1. The highest BCUT2D eigenvalue weighted by atomic mass is 16.3. The van der Waals surface area contributed by atoms with Crippen molar-refractivity contribution in [3.63, 3.8) is 0 Å². The van der Waals surface area contributed by atoms with Gasteiger partial charge in [-0.25, -0.2) is 4.79 Å². The summed E-state index contributed by atoms with van der Waals surface area (Å²) >= 11 is 0. The van der Waals surface area contributed by atoms with Crippen molar-refractivity contribution < 1.29 is 18.8 Å². The van der Waals surface area contributed by atoms with Crippen molar-refractivity contribution in [2.45, 2.75) is 25.4 Å². The molecule has 2 heterocycles. The maximum atomic E-state index is 13.6. The fourth-order valence-corrected chi connectivity index (χ4v) is 3.96. The van der Waals surface area contributed by atoms with Gasteiger partial charge in [-0.1, -0.05) is 60.7 Å². The van der Waals surface area contributed by atoms with E-state index in [0.29, 0.717) is 11.3 Å². The molecule has 1 fully saturated rings. The number of imide groups is 1. The molecule has 1 aliphatic heterocycles. The summed E-state index contributed by atoms with van der Waals surface area (Å²) in [5, 5.41) is 2.88. The molecule has 0 saturated carbocycles. The number of hydrogen-bond acceptors (Lipinski definition) is 4. The second-order valence-electron chi connectivity index (χ2n) is 8.02. The minimum Gasteiger partial charge on any atom is -0.464 e. The summed E-state index contributed by atoms with van der Waals surface area (Å²) < 4.78 is 5.52. The molecule has 0 unspecified atom stereocenters. The highest BCUT2D eigenvalue weighted by Crippen LogP contribution is 2.33. The quantitative estimate of drug-likeness (QED) is 0.582. The molecule has 0 aliphatic carbocycles. The summed E-state index contributed by atoms with van der Waals surface area (Å²) in [7, 11) is 1.62. The second-order valence-corrected chi connectivity index (χ2v) is 8.02. The third-order valence-electron chi connectivity index (χ3n) is 5.66. The molecule has 0 radical (unpaired) electrons. The average molecular weight is 431 g/mol. The molecule has 4 rings (SSSR count). The van der Waals surface area contributed by atoms with Crippen molar-refractivity contribution in [1.82, 2.24) is 15.1 Å². The van der Waals surface area contributed by atoms with Crippen LogP contribution in [0.15, 0.2) is 77.2 Å². The van der Waals surface area contributed by atoms with Gasteiger partial charge >= 0.3 is 6.03 Å². The van der Waals surface area contributed by atoms with Crippen LogP contribution in [0.2, 0.25) is 0 Å². The molecule has 0 bridgehead atoms. The van der Waals surface area contributed by atoms with Crippen molar-refractivity contribution in [2.24, 2.45) is 0 Å². The van der Waals surface area contributed by atoms with E-state index in [0.717, 1.165) is 16.2 Å². The van der Waals surface area contributed by atoms with Gasteiger partial charge in [-0.15, -0.1) is 0 Å². The Labute approximate surface area is 186 Å². The van der Waals surface area contributed by atoms with Crippen LogP contribution in [0, 0.1) is 6.92 Å². The largest absolute Gasteiger partial charge is 0.464 e. The summed E-state index contributed by atoms with van der Waals surface area (Å²) in [5.41, 5.74) is 0.316. The molecular weight excluding hydrogens is 406 g/mol. The predicted octanol–water partition coefficient (Wildman–Crippen LogP) is 3.24. The van der Waals surface area contributed by atoms with E-state index in [1.807, 2.05) is 73.7 Å². The van der Waals surface area contributed by atoms with Crippen LogP contribution in [-0.2, 0) is 28.1 Å². The van der Waals surface area contributed by atoms with Crippen molar-refractivity contribution in [3.8, 4) is 0 Å². The standard InChI is InChI=1S/C25H25N3O4/c1-18-13-14-21(32-18)16-27(2)22(29)17-28-23(30)25(26-24(28)31,20-11-7-4-8-12-20)15-19-9-5-3-6-10-19/h3-14H,15-17H2,1-2H3,(H,26,31)/t25-/m0/s1. The third kappa shape index (κ3) is 4.14. The van der Waals surface area contributed by atoms with Crippen molar-refractivity contribution in [1.29, 1.82) is 0 Å². The Balaban J connectivity index is 1.57. The number of aryl methyl sites for hydroxylation is 1. The van der Waals surface area contributed by atoms with E-state index in [1.54, 1.807) is 13.1 Å². The molecule has 7 nitrogen and oxygen atoms in total. The van der Waals surface area contributed by atoms with E-state index < -0.39 is 17.5 Å². The lowest BCUT2D eigenvalue weighted by molar-refractivity contribution is -0.138. The number of carbonyl (C=O) groups excluding carboxylic acids is 3. The number of benzene rings is 2. The predicted molar refractivity (Wildman–Crippen MR) is 118 cm³/mol. The first-order valence-corrected chi connectivity index (χ1v) is 10.4. The molecule has 4 amide bonds. The van der Waals surface area contributed by atoms with Crippen LogP contribution in [0.25, 0.3) is 0 Å². The SMILES string of the molecule is Cc1ccc(CN(C)C(=O)CN2C(=O)N[C@@](Cc3ccccc3)(c3ccccc3)C2=O)o1. The van der Waals surface area contributed by atoms with Crippen LogP contribution < -0.4 is 5.32 Å². The average Bonchev–Trinajstić information content (AvgIpc) is 3.31. The number of amides is 4. The lowest BCUT2D eigenvalue weighted by Gasteiger charge is -2.28. The summed E-state index contributed by atoms with van der Waals surface area (Å²) in [4.78, 5) is 41.8. The maximum absolute atomic E-state index is 13.6. The first kappa shape index (κ1) is 21.4. The summed E-state index contributed by atoms with van der Waals surface area (Å²) in [5.74, 6) is 0.598. The van der Waals surface area contributed by atoms with Crippen LogP contribution >= 0.6 is 0 Å². The Bertz CT molecular complexity index is 1130. The van der Waals surface area contributed by atoms with Crippen molar-refractivity contribution in [3.05, 3.63) is 95.4 Å². The summed E-state index contributed by atoms with van der Waals surface area (Å²) in [6, 6.07) is 21.7. The molecule has 164 valence electrons. The highest BCUT2D eigenvalue weighted by Gasteiger charge is 2.52. The van der Waals surface area contributed by atoms with Gasteiger partial charge in [-0.05, 0) is 30.2 Å². The van der Waals surface area contributed by atoms with E-state index in [-0.39, 0.29) is 25.4 Å². The van der Waals surface area contributed by atoms with E-state index in [2.05, 4.69) is 5.32 Å². The molecule has 32 heavy (non-hydrogen) atoms. The fraction of sp³-hybridized carbons (Fsp3) is 0.240. The van der Waals surface area contributed by atoms with Gasteiger partial charge in [0, 0.05) is 13.5 Å². The van der Waals surface area contributed by atoms with Crippen molar-refractivity contribution in [2.75, 3.05) is 13.6 Å². The van der Waals surface area contributed by atoms with E-state index in [4.69, 9.17) is 4.42 Å². The maximum Gasteiger partial charge on any atom is 0.325 e.